The maximum atomic E-state index is 13.0. The minimum Gasteiger partial charge on any atom is -0.507 e. The lowest BCUT2D eigenvalue weighted by Gasteiger charge is -2.18. The van der Waals surface area contributed by atoms with Crippen LogP contribution in [0.3, 0.4) is 0 Å². The number of halogens is 1. The smallest absolute Gasteiger partial charge is 0.257 e. The molecule has 0 spiro atoms. The van der Waals surface area contributed by atoms with Crippen LogP contribution in [0.25, 0.3) is 0 Å². The van der Waals surface area contributed by atoms with E-state index >= 15 is 0 Å². The molecule has 6 heteroatoms. The SMILES string of the molecule is CC(C)NC(=O)CN(C)C(=O)c1cc(F)ccc1O. The van der Waals surface area contributed by atoms with E-state index in [1.807, 2.05) is 0 Å². The summed E-state index contributed by atoms with van der Waals surface area (Å²) in [5.74, 6) is -1.87. The predicted molar refractivity (Wildman–Crippen MR) is 68.3 cm³/mol. The molecule has 0 unspecified atom stereocenters. The second-order valence-electron chi connectivity index (χ2n) is 4.54. The fourth-order valence-electron chi connectivity index (χ4n) is 1.54. The molecule has 0 saturated carbocycles. The first-order valence-corrected chi connectivity index (χ1v) is 5.84. The molecule has 0 aromatic heterocycles. The third kappa shape index (κ3) is 4.24. The van der Waals surface area contributed by atoms with E-state index in [-0.39, 0.29) is 29.8 Å². The molecule has 0 saturated heterocycles. The molecule has 0 atom stereocenters. The van der Waals surface area contributed by atoms with E-state index in [4.69, 9.17) is 0 Å². The number of carbonyl (C=O) groups is 2. The molecule has 1 rings (SSSR count). The summed E-state index contributed by atoms with van der Waals surface area (Å²) in [6, 6.07) is 3.06. The monoisotopic (exact) mass is 268 g/mol. The van der Waals surface area contributed by atoms with E-state index in [2.05, 4.69) is 5.32 Å². The highest BCUT2D eigenvalue weighted by Gasteiger charge is 2.18. The molecule has 1 aromatic rings. The third-order valence-corrected chi connectivity index (χ3v) is 2.37. The van der Waals surface area contributed by atoms with Gasteiger partial charge in [0.1, 0.15) is 11.6 Å². The average Bonchev–Trinajstić information content (AvgIpc) is 2.30. The number of phenols is 1. The van der Waals surface area contributed by atoms with Gasteiger partial charge >= 0.3 is 0 Å². The summed E-state index contributed by atoms with van der Waals surface area (Å²) >= 11 is 0. The van der Waals surface area contributed by atoms with Crippen LogP contribution in [0.2, 0.25) is 0 Å². The summed E-state index contributed by atoms with van der Waals surface area (Å²) in [6.07, 6.45) is 0. The summed E-state index contributed by atoms with van der Waals surface area (Å²) in [5, 5.41) is 12.2. The van der Waals surface area contributed by atoms with E-state index in [9.17, 15) is 19.1 Å². The van der Waals surface area contributed by atoms with Crippen LogP contribution in [0.15, 0.2) is 18.2 Å². The highest BCUT2D eigenvalue weighted by atomic mass is 19.1. The lowest BCUT2D eigenvalue weighted by Crippen LogP contribution is -2.40. The van der Waals surface area contributed by atoms with Gasteiger partial charge in [-0.2, -0.15) is 0 Å². The molecule has 5 nitrogen and oxygen atoms in total. The van der Waals surface area contributed by atoms with Crippen molar-refractivity contribution in [1.29, 1.82) is 0 Å². The van der Waals surface area contributed by atoms with Crippen LogP contribution in [0.1, 0.15) is 24.2 Å². The van der Waals surface area contributed by atoms with Gasteiger partial charge < -0.3 is 15.3 Å². The summed E-state index contributed by atoms with van der Waals surface area (Å²) in [6.45, 7) is 3.45. The molecule has 1 aromatic carbocycles. The van der Waals surface area contributed by atoms with E-state index in [1.54, 1.807) is 13.8 Å². The predicted octanol–water partition coefficient (Wildman–Crippen LogP) is 1.13. The number of nitrogens with one attached hydrogen (secondary N) is 1. The van der Waals surface area contributed by atoms with Gasteiger partial charge in [-0.3, -0.25) is 9.59 Å². The number of likely N-dealkylation sites (N-methyl/N-ethyl adjacent to an activating group) is 1. The molecular weight excluding hydrogens is 251 g/mol. The molecule has 2 amide bonds. The highest BCUT2D eigenvalue weighted by Crippen LogP contribution is 2.19. The first-order valence-electron chi connectivity index (χ1n) is 5.84. The van der Waals surface area contributed by atoms with E-state index in [0.29, 0.717) is 0 Å². The maximum absolute atomic E-state index is 13.0. The van der Waals surface area contributed by atoms with Crippen molar-refractivity contribution in [3.05, 3.63) is 29.6 Å². The lowest BCUT2D eigenvalue weighted by molar-refractivity contribution is -0.122. The zero-order valence-corrected chi connectivity index (χ0v) is 11.1. The molecule has 19 heavy (non-hydrogen) atoms. The van der Waals surface area contributed by atoms with Gasteiger partial charge in [-0.05, 0) is 32.0 Å². The van der Waals surface area contributed by atoms with Crippen molar-refractivity contribution < 1.29 is 19.1 Å². The van der Waals surface area contributed by atoms with Gasteiger partial charge in [0.2, 0.25) is 5.91 Å². The summed E-state index contributed by atoms with van der Waals surface area (Å²) < 4.78 is 13.0. The molecule has 0 aliphatic rings. The summed E-state index contributed by atoms with van der Waals surface area (Å²) in [7, 11) is 1.41. The molecule has 0 aliphatic carbocycles. The van der Waals surface area contributed by atoms with Gasteiger partial charge in [0.05, 0.1) is 12.1 Å². The second-order valence-corrected chi connectivity index (χ2v) is 4.54. The minimum atomic E-state index is -0.624. The number of rotatable bonds is 4. The van der Waals surface area contributed by atoms with Crippen LogP contribution in [-0.2, 0) is 4.79 Å². The quantitative estimate of drug-likeness (QED) is 0.860. The Morgan fingerprint density at radius 1 is 1.42 bits per heavy atom. The van der Waals surface area contributed by atoms with Crippen LogP contribution in [0.4, 0.5) is 4.39 Å². The first kappa shape index (κ1) is 14.9. The van der Waals surface area contributed by atoms with Crippen molar-refractivity contribution in [2.75, 3.05) is 13.6 Å². The fraction of sp³-hybridized carbons (Fsp3) is 0.385. The molecule has 0 aliphatic heterocycles. The Hall–Kier alpha value is -2.11. The van der Waals surface area contributed by atoms with Crippen LogP contribution in [-0.4, -0.2) is 41.5 Å². The molecule has 104 valence electrons. The Morgan fingerprint density at radius 2 is 2.05 bits per heavy atom. The molecule has 0 bridgehead atoms. The maximum Gasteiger partial charge on any atom is 0.257 e. The number of hydrogen-bond acceptors (Lipinski definition) is 3. The topological polar surface area (TPSA) is 69.6 Å². The third-order valence-electron chi connectivity index (χ3n) is 2.37. The van der Waals surface area contributed by atoms with Gasteiger partial charge in [0.25, 0.3) is 5.91 Å². The van der Waals surface area contributed by atoms with Crippen molar-refractivity contribution in [1.82, 2.24) is 10.2 Å². The van der Waals surface area contributed by atoms with Crippen molar-refractivity contribution in [2.45, 2.75) is 19.9 Å². The molecular formula is C13H17FN2O3. The van der Waals surface area contributed by atoms with Crippen molar-refractivity contribution >= 4 is 11.8 Å². The average molecular weight is 268 g/mol. The minimum absolute atomic E-state index is 0.0291. The van der Waals surface area contributed by atoms with Crippen LogP contribution < -0.4 is 5.32 Å². The molecule has 0 radical (unpaired) electrons. The van der Waals surface area contributed by atoms with Gasteiger partial charge in [-0.15, -0.1) is 0 Å². The normalized spacial score (nSPS) is 10.4. The van der Waals surface area contributed by atoms with Crippen molar-refractivity contribution in [2.24, 2.45) is 0 Å². The number of hydrogen-bond donors (Lipinski definition) is 2. The van der Waals surface area contributed by atoms with Gasteiger partial charge in [0.15, 0.2) is 0 Å². The number of nitrogens with zero attached hydrogens (tertiary/aromatic N) is 1. The Kier molecular flexibility index (Phi) is 4.86. The first-order chi connectivity index (χ1) is 8.81. The van der Waals surface area contributed by atoms with Crippen molar-refractivity contribution in [3.8, 4) is 5.75 Å². The van der Waals surface area contributed by atoms with Crippen molar-refractivity contribution in [3.63, 3.8) is 0 Å². The van der Waals surface area contributed by atoms with E-state index < -0.39 is 11.7 Å². The highest BCUT2D eigenvalue weighted by molar-refractivity contribution is 5.98. The Labute approximate surface area is 111 Å². The Bertz CT molecular complexity index is 489. The number of carbonyl (C=O) groups excluding carboxylic acids is 2. The number of aromatic hydroxyl groups is 1. The van der Waals surface area contributed by atoms with Crippen LogP contribution in [0, 0.1) is 5.82 Å². The number of phenolic OH excluding ortho intramolecular Hbond substituents is 1. The standard InChI is InChI=1S/C13H17FN2O3/c1-8(2)15-12(18)7-16(3)13(19)10-6-9(14)4-5-11(10)17/h4-6,8,17H,7H2,1-3H3,(H,15,18). The number of benzene rings is 1. The fourth-order valence-corrected chi connectivity index (χ4v) is 1.54. The van der Waals surface area contributed by atoms with Crippen LogP contribution in [0.5, 0.6) is 5.75 Å². The Morgan fingerprint density at radius 3 is 2.63 bits per heavy atom. The largest absolute Gasteiger partial charge is 0.507 e. The molecule has 0 heterocycles. The Balaban J connectivity index is 2.77. The zero-order chi connectivity index (χ0) is 14.6. The van der Waals surface area contributed by atoms with Gasteiger partial charge in [-0.25, -0.2) is 4.39 Å². The lowest BCUT2D eigenvalue weighted by atomic mass is 10.1. The summed E-state index contributed by atoms with van der Waals surface area (Å²) in [4.78, 5) is 24.6. The zero-order valence-electron chi connectivity index (χ0n) is 11.1. The van der Waals surface area contributed by atoms with Crippen LogP contribution >= 0.6 is 0 Å². The van der Waals surface area contributed by atoms with E-state index in [1.165, 1.54) is 7.05 Å². The molecule has 2 N–H and O–H groups in total. The second kappa shape index (κ2) is 6.17. The van der Waals surface area contributed by atoms with E-state index in [0.717, 1.165) is 23.1 Å². The van der Waals surface area contributed by atoms with Gasteiger partial charge in [0, 0.05) is 13.1 Å². The summed E-state index contributed by atoms with van der Waals surface area (Å²) in [5.41, 5.74) is -0.167. The molecule has 0 fully saturated rings. The van der Waals surface area contributed by atoms with Gasteiger partial charge in [-0.1, -0.05) is 0 Å². The number of amides is 2.